The zero-order valence-corrected chi connectivity index (χ0v) is 43.8. The van der Waals surface area contributed by atoms with E-state index in [2.05, 4.69) is 27.7 Å². The molecule has 0 aromatic heterocycles. The average Bonchev–Trinajstić information content (AvgIpc) is 3.28. The SMILES string of the molecule is CCCCCCCCCCCCCCCCCCC(=O)OC[C@H](COC(=O)CCCCCCCCCCCCCCC(C)C)OC(=O)CCCCCCCCCCCCCCCCC. The van der Waals surface area contributed by atoms with Crippen LogP contribution in [0.3, 0.4) is 0 Å². The molecule has 0 saturated carbocycles. The van der Waals surface area contributed by atoms with Crippen LogP contribution in [0.1, 0.15) is 329 Å². The van der Waals surface area contributed by atoms with Crippen molar-refractivity contribution < 1.29 is 28.6 Å². The van der Waals surface area contributed by atoms with E-state index in [0.717, 1.165) is 63.7 Å². The molecule has 0 aromatic carbocycles. The van der Waals surface area contributed by atoms with Gasteiger partial charge in [0, 0.05) is 19.3 Å². The zero-order chi connectivity index (χ0) is 46.7. The van der Waals surface area contributed by atoms with Crippen molar-refractivity contribution >= 4 is 17.9 Å². The molecule has 0 spiro atoms. The Morgan fingerprint density at radius 3 is 0.766 bits per heavy atom. The van der Waals surface area contributed by atoms with Crippen molar-refractivity contribution in [2.45, 2.75) is 336 Å². The van der Waals surface area contributed by atoms with E-state index in [1.165, 1.54) is 225 Å². The normalized spacial score (nSPS) is 12.0. The third-order valence-corrected chi connectivity index (χ3v) is 13.3. The Labute approximate surface area is 399 Å². The van der Waals surface area contributed by atoms with Crippen LogP contribution < -0.4 is 0 Å². The van der Waals surface area contributed by atoms with E-state index in [1.807, 2.05) is 0 Å². The smallest absolute Gasteiger partial charge is 0.306 e. The van der Waals surface area contributed by atoms with Crippen LogP contribution in [-0.4, -0.2) is 37.2 Å². The van der Waals surface area contributed by atoms with Gasteiger partial charge in [0.2, 0.25) is 0 Å². The van der Waals surface area contributed by atoms with Crippen LogP contribution in [0.25, 0.3) is 0 Å². The second-order valence-electron chi connectivity index (χ2n) is 20.4. The number of carbonyl (C=O) groups is 3. The highest BCUT2D eigenvalue weighted by atomic mass is 16.6. The second kappa shape index (κ2) is 52.4. The quantitative estimate of drug-likeness (QED) is 0.0344. The summed E-state index contributed by atoms with van der Waals surface area (Å²) in [5.41, 5.74) is 0. The van der Waals surface area contributed by atoms with Gasteiger partial charge in [0.25, 0.3) is 0 Å². The van der Waals surface area contributed by atoms with Crippen LogP contribution >= 0.6 is 0 Å². The van der Waals surface area contributed by atoms with Crippen molar-refractivity contribution in [2.75, 3.05) is 13.2 Å². The van der Waals surface area contributed by atoms with Gasteiger partial charge in [-0.1, -0.05) is 291 Å². The Hall–Kier alpha value is -1.59. The lowest BCUT2D eigenvalue weighted by Gasteiger charge is -2.18. The number of esters is 3. The topological polar surface area (TPSA) is 78.9 Å². The molecule has 0 fully saturated rings. The van der Waals surface area contributed by atoms with Gasteiger partial charge in [-0.2, -0.15) is 0 Å². The molecular formula is C58H112O6. The molecule has 0 aliphatic carbocycles. The maximum Gasteiger partial charge on any atom is 0.306 e. The molecule has 0 N–H and O–H groups in total. The summed E-state index contributed by atoms with van der Waals surface area (Å²) in [6.07, 6.45) is 56.6. The van der Waals surface area contributed by atoms with Gasteiger partial charge in [0.05, 0.1) is 0 Å². The minimum atomic E-state index is -0.762. The fourth-order valence-corrected chi connectivity index (χ4v) is 8.92. The summed E-state index contributed by atoms with van der Waals surface area (Å²) in [6, 6.07) is 0. The van der Waals surface area contributed by atoms with E-state index < -0.39 is 6.10 Å². The molecule has 0 bridgehead atoms. The van der Waals surface area contributed by atoms with Crippen molar-refractivity contribution in [1.29, 1.82) is 0 Å². The summed E-state index contributed by atoms with van der Waals surface area (Å²) in [7, 11) is 0. The summed E-state index contributed by atoms with van der Waals surface area (Å²) < 4.78 is 16.9. The van der Waals surface area contributed by atoms with Crippen LogP contribution in [0.15, 0.2) is 0 Å². The van der Waals surface area contributed by atoms with E-state index in [-0.39, 0.29) is 31.1 Å². The lowest BCUT2D eigenvalue weighted by molar-refractivity contribution is -0.167. The van der Waals surface area contributed by atoms with Gasteiger partial charge in [-0.3, -0.25) is 14.4 Å². The predicted octanol–water partition coefficient (Wildman–Crippen LogP) is 19.0. The third-order valence-electron chi connectivity index (χ3n) is 13.3. The maximum atomic E-state index is 12.8. The lowest BCUT2D eigenvalue weighted by atomic mass is 10.0. The molecule has 6 heteroatoms. The fraction of sp³-hybridized carbons (Fsp3) is 0.948. The molecule has 0 aliphatic heterocycles. The highest BCUT2D eigenvalue weighted by Crippen LogP contribution is 2.18. The van der Waals surface area contributed by atoms with E-state index >= 15 is 0 Å². The Morgan fingerprint density at radius 2 is 0.516 bits per heavy atom. The van der Waals surface area contributed by atoms with Gasteiger partial charge in [-0.15, -0.1) is 0 Å². The lowest BCUT2D eigenvalue weighted by Crippen LogP contribution is -2.30. The van der Waals surface area contributed by atoms with Crippen molar-refractivity contribution in [3.8, 4) is 0 Å². The molecule has 0 saturated heterocycles. The van der Waals surface area contributed by atoms with Crippen LogP contribution in [-0.2, 0) is 28.6 Å². The fourth-order valence-electron chi connectivity index (χ4n) is 8.92. The number of unbranched alkanes of at least 4 members (excludes halogenated alkanes) is 40. The van der Waals surface area contributed by atoms with Gasteiger partial charge < -0.3 is 14.2 Å². The van der Waals surface area contributed by atoms with Gasteiger partial charge in [-0.05, 0) is 25.2 Å². The van der Waals surface area contributed by atoms with Gasteiger partial charge >= 0.3 is 17.9 Å². The van der Waals surface area contributed by atoms with Crippen molar-refractivity contribution in [2.24, 2.45) is 5.92 Å². The zero-order valence-electron chi connectivity index (χ0n) is 43.8. The molecule has 0 radical (unpaired) electrons. The van der Waals surface area contributed by atoms with Crippen molar-refractivity contribution in [3.63, 3.8) is 0 Å². The van der Waals surface area contributed by atoms with Crippen LogP contribution in [0.2, 0.25) is 0 Å². The Bertz CT molecular complexity index is 964. The van der Waals surface area contributed by atoms with E-state index in [9.17, 15) is 14.4 Å². The first-order chi connectivity index (χ1) is 31.4. The Morgan fingerprint density at radius 1 is 0.297 bits per heavy atom. The maximum absolute atomic E-state index is 12.8. The molecule has 0 aliphatic rings. The standard InChI is InChI=1S/C58H112O6/c1-5-7-9-11-13-15-17-19-21-23-24-29-33-37-41-45-49-56(59)62-52-55(64-58(61)51-47-43-39-35-31-25-22-20-18-16-14-12-10-8-6-2)53-63-57(60)50-46-42-38-34-30-27-26-28-32-36-40-44-48-54(3)4/h54-55H,5-53H2,1-4H3/t55-/m1/s1. The number of rotatable bonds is 53. The number of carbonyl (C=O) groups excluding carboxylic acids is 3. The van der Waals surface area contributed by atoms with Gasteiger partial charge in [-0.25, -0.2) is 0 Å². The molecule has 380 valence electrons. The van der Waals surface area contributed by atoms with Gasteiger partial charge in [0.1, 0.15) is 13.2 Å². The molecule has 0 rings (SSSR count). The first-order valence-corrected chi connectivity index (χ1v) is 28.9. The summed E-state index contributed by atoms with van der Waals surface area (Å²) >= 11 is 0. The highest BCUT2D eigenvalue weighted by molar-refractivity contribution is 5.71. The van der Waals surface area contributed by atoms with E-state index in [1.54, 1.807) is 0 Å². The largest absolute Gasteiger partial charge is 0.462 e. The van der Waals surface area contributed by atoms with Crippen molar-refractivity contribution in [1.82, 2.24) is 0 Å². The second-order valence-corrected chi connectivity index (χ2v) is 20.4. The monoisotopic (exact) mass is 905 g/mol. The Balaban J connectivity index is 4.30. The molecule has 64 heavy (non-hydrogen) atoms. The van der Waals surface area contributed by atoms with Crippen LogP contribution in [0, 0.1) is 5.92 Å². The number of ether oxygens (including phenoxy) is 3. The van der Waals surface area contributed by atoms with E-state index in [0.29, 0.717) is 19.3 Å². The summed E-state index contributed by atoms with van der Waals surface area (Å²) in [6.45, 7) is 9.06. The molecule has 0 heterocycles. The van der Waals surface area contributed by atoms with E-state index in [4.69, 9.17) is 14.2 Å². The summed E-state index contributed by atoms with van der Waals surface area (Å²) in [5.74, 6) is -0.00114. The molecule has 1 atom stereocenters. The highest BCUT2D eigenvalue weighted by Gasteiger charge is 2.19. The third kappa shape index (κ3) is 51.4. The average molecular weight is 906 g/mol. The molecule has 0 unspecified atom stereocenters. The van der Waals surface area contributed by atoms with Crippen LogP contribution in [0.5, 0.6) is 0 Å². The number of hydrogen-bond donors (Lipinski definition) is 0. The minimum Gasteiger partial charge on any atom is -0.462 e. The van der Waals surface area contributed by atoms with Crippen LogP contribution in [0.4, 0.5) is 0 Å². The number of hydrogen-bond acceptors (Lipinski definition) is 6. The summed E-state index contributed by atoms with van der Waals surface area (Å²) in [4.78, 5) is 38.1. The predicted molar refractivity (Wildman–Crippen MR) is 275 cm³/mol. The van der Waals surface area contributed by atoms with Crippen molar-refractivity contribution in [3.05, 3.63) is 0 Å². The molecule has 0 aromatic rings. The first kappa shape index (κ1) is 62.4. The Kier molecular flexibility index (Phi) is 51.1. The molecule has 6 nitrogen and oxygen atoms in total. The molecular weight excluding hydrogens is 793 g/mol. The minimum absolute atomic E-state index is 0.0618. The van der Waals surface area contributed by atoms with Gasteiger partial charge in [0.15, 0.2) is 6.10 Å². The first-order valence-electron chi connectivity index (χ1n) is 28.9. The molecule has 0 amide bonds. The summed E-state index contributed by atoms with van der Waals surface area (Å²) in [5, 5.41) is 0.